The third-order valence-corrected chi connectivity index (χ3v) is 3.38. The van der Waals surface area contributed by atoms with E-state index in [4.69, 9.17) is 0 Å². The summed E-state index contributed by atoms with van der Waals surface area (Å²) in [5.74, 6) is 1.88. The Kier molecular flexibility index (Phi) is 3.18. The number of aromatic nitrogens is 1. The van der Waals surface area contributed by atoms with Crippen LogP contribution in [-0.2, 0) is 6.54 Å². The molecule has 1 aromatic rings. The first-order valence-electron chi connectivity index (χ1n) is 5.78. The van der Waals surface area contributed by atoms with Gasteiger partial charge in [0, 0.05) is 18.1 Å². The predicted octanol–water partition coefficient (Wildman–Crippen LogP) is 2.80. The lowest BCUT2D eigenvalue weighted by molar-refractivity contribution is -0.703. The molecule has 1 aliphatic rings. The molecule has 1 saturated carbocycles. The second-order valence-corrected chi connectivity index (χ2v) is 4.70. The monoisotopic (exact) mass is 190 g/mol. The van der Waals surface area contributed by atoms with Gasteiger partial charge in [0.1, 0.15) is 0 Å². The number of pyridine rings is 1. The molecule has 2 rings (SSSR count). The largest absolute Gasteiger partial charge is 0.205 e. The van der Waals surface area contributed by atoms with E-state index in [0.29, 0.717) is 0 Å². The Morgan fingerprint density at radius 3 is 2.29 bits per heavy atom. The predicted molar refractivity (Wildman–Crippen MR) is 57.8 cm³/mol. The van der Waals surface area contributed by atoms with Gasteiger partial charge in [-0.1, -0.05) is 25.8 Å². The minimum absolute atomic E-state index is 0.915. The van der Waals surface area contributed by atoms with E-state index in [9.17, 15) is 0 Å². The van der Waals surface area contributed by atoms with Crippen molar-refractivity contribution in [2.24, 2.45) is 11.8 Å². The molecule has 0 aromatic carbocycles. The van der Waals surface area contributed by atoms with Gasteiger partial charge in [-0.25, -0.2) is 4.57 Å². The van der Waals surface area contributed by atoms with Crippen molar-refractivity contribution in [1.82, 2.24) is 0 Å². The highest BCUT2D eigenvalue weighted by atomic mass is 14.9. The summed E-state index contributed by atoms with van der Waals surface area (Å²) in [4.78, 5) is 0. The van der Waals surface area contributed by atoms with Gasteiger partial charge in [-0.05, 0) is 18.8 Å². The van der Waals surface area contributed by atoms with E-state index in [2.05, 4.69) is 42.1 Å². The van der Waals surface area contributed by atoms with Gasteiger partial charge in [0.15, 0.2) is 18.9 Å². The van der Waals surface area contributed by atoms with Crippen LogP contribution >= 0.6 is 0 Å². The summed E-state index contributed by atoms with van der Waals surface area (Å²) in [6.07, 6.45) is 10.1. The zero-order valence-electron chi connectivity index (χ0n) is 9.02. The molecule has 0 bridgehead atoms. The quantitative estimate of drug-likeness (QED) is 0.631. The van der Waals surface area contributed by atoms with E-state index in [1.807, 2.05) is 0 Å². The Balaban J connectivity index is 1.87. The van der Waals surface area contributed by atoms with Gasteiger partial charge in [0.25, 0.3) is 0 Å². The highest BCUT2D eigenvalue weighted by molar-refractivity contribution is 4.83. The van der Waals surface area contributed by atoms with E-state index in [1.54, 1.807) is 0 Å². The molecule has 1 fully saturated rings. The molecule has 0 atom stereocenters. The van der Waals surface area contributed by atoms with Gasteiger partial charge in [0.05, 0.1) is 0 Å². The van der Waals surface area contributed by atoms with Crippen molar-refractivity contribution >= 4 is 0 Å². The van der Waals surface area contributed by atoms with Crippen molar-refractivity contribution < 1.29 is 4.57 Å². The van der Waals surface area contributed by atoms with Gasteiger partial charge in [-0.3, -0.25) is 0 Å². The maximum Gasteiger partial charge on any atom is 0.168 e. The average molecular weight is 190 g/mol. The maximum atomic E-state index is 2.38. The third kappa shape index (κ3) is 2.57. The molecule has 0 unspecified atom stereocenters. The number of hydrogen-bond donors (Lipinski definition) is 0. The van der Waals surface area contributed by atoms with Crippen LogP contribution in [0.4, 0.5) is 0 Å². The summed E-state index contributed by atoms with van der Waals surface area (Å²) in [7, 11) is 0. The van der Waals surface area contributed by atoms with Crippen LogP contribution in [0.2, 0.25) is 0 Å². The molecule has 1 aliphatic carbocycles. The highest BCUT2D eigenvalue weighted by Gasteiger charge is 2.20. The minimum Gasteiger partial charge on any atom is -0.205 e. The zero-order chi connectivity index (χ0) is 9.80. The summed E-state index contributed by atoms with van der Waals surface area (Å²) >= 11 is 0. The molecule has 0 amide bonds. The van der Waals surface area contributed by atoms with Crippen molar-refractivity contribution in [2.45, 2.75) is 39.2 Å². The smallest absolute Gasteiger partial charge is 0.168 e. The summed E-state index contributed by atoms with van der Waals surface area (Å²) in [6, 6.07) is 6.32. The molecule has 0 aliphatic heterocycles. The molecule has 14 heavy (non-hydrogen) atoms. The highest BCUT2D eigenvalue weighted by Crippen LogP contribution is 2.28. The Hall–Kier alpha value is -0.850. The van der Waals surface area contributed by atoms with Gasteiger partial charge in [-0.15, -0.1) is 0 Å². The molecule has 0 saturated heterocycles. The topological polar surface area (TPSA) is 3.88 Å². The van der Waals surface area contributed by atoms with Gasteiger partial charge in [0.2, 0.25) is 0 Å². The van der Waals surface area contributed by atoms with Crippen molar-refractivity contribution in [3.8, 4) is 0 Å². The number of nitrogens with zero attached hydrogens (tertiary/aromatic N) is 1. The van der Waals surface area contributed by atoms with E-state index >= 15 is 0 Å². The van der Waals surface area contributed by atoms with Crippen molar-refractivity contribution in [2.75, 3.05) is 0 Å². The van der Waals surface area contributed by atoms with Crippen LogP contribution in [0.25, 0.3) is 0 Å². The van der Waals surface area contributed by atoms with Crippen LogP contribution in [0.3, 0.4) is 0 Å². The van der Waals surface area contributed by atoms with Crippen molar-refractivity contribution in [1.29, 1.82) is 0 Å². The number of rotatable bonds is 2. The van der Waals surface area contributed by atoms with Crippen LogP contribution in [0.5, 0.6) is 0 Å². The van der Waals surface area contributed by atoms with E-state index < -0.39 is 0 Å². The summed E-state index contributed by atoms with van der Waals surface area (Å²) < 4.78 is 2.32. The van der Waals surface area contributed by atoms with Crippen LogP contribution in [-0.4, -0.2) is 0 Å². The second-order valence-electron chi connectivity index (χ2n) is 4.70. The van der Waals surface area contributed by atoms with E-state index in [0.717, 1.165) is 11.8 Å². The molecule has 0 radical (unpaired) electrons. The lowest BCUT2D eigenvalue weighted by Gasteiger charge is -2.23. The molecule has 0 spiro atoms. The van der Waals surface area contributed by atoms with Gasteiger partial charge in [-0.2, -0.15) is 0 Å². The summed E-state index contributed by atoms with van der Waals surface area (Å²) in [5.41, 5.74) is 0. The lowest BCUT2D eigenvalue weighted by atomic mass is 9.83. The van der Waals surface area contributed by atoms with Gasteiger partial charge >= 0.3 is 0 Å². The number of hydrogen-bond acceptors (Lipinski definition) is 0. The van der Waals surface area contributed by atoms with Crippen LogP contribution < -0.4 is 4.57 Å². The standard InChI is InChI=1S/C13H20N/c1-12-5-7-13(8-6-12)11-14-9-3-2-4-10-14/h2-4,9-10,12-13H,5-8,11H2,1H3/q+1. The molecular formula is C13H20N+. The second kappa shape index (κ2) is 4.59. The van der Waals surface area contributed by atoms with Crippen molar-refractivity contribution in [3.05, 3.63) is 30.6 Å². The molecule has 1 aromatic heterocycles. The molecule has 76 valence electrons. The third-order valence-electron chi connectivity index (χ3n) is 3.38. The van der Waals surface area contributed by atoms with E-state index in [-0.39, 0.29) is 0 Å². The summed E-state index contributed by atoms with van der Waals surface area (Å²) in [5, 5.41) is 0. The first kappa shape index (κ1) is 9.70. The Bertz CT molecular complexity index is 260. The SMILES string of the molecule is CC1CCC(C[n+]2ccccc2)CC1. The normalized spacial score (nSPS) is 27.5. The van der Waals surface area contributed by atoms with Crippen LogP contribution in [0.1, 0.15) is 32.6 Å². The Morgan fingerprint density at radius 1 is 1.00 bits per heavy atom. The van der Waals surface area contributed by atoms with Crippen LogP contribution in [0.15, 0.2) is 30.6 Å². The minimum atomic E-state index is 0.915. The molecule has 1 heteroatoms. The van der Waals surface area contributed by atoms with E-state index in [1.165, 1.54) is 32.2 Å². The van der Waals surface area contributed by atoms with Crippen molar-refractivity contribution in [3.63, 3.8) is 0 Å². The Labute approximate surface area is 86.8 Å². The zero-order valence-corrected chi connectivity index (χ0v) is 9.02. The molecule has 1 nitrogen and oxygen atoms in total. The fourth-order valence-electron chi connectivity index (χ4n) is 2.37. The maximum absolute atomic E-state index is 2.38. The molecule has 1 heterocycles. The van der Waals surface area contributed by atoms with Gasteiger partial charge < -0.3 is 0 Å². The molecular weight excluding hydrogens is 170 g/mol. The first-order valence-corrected chi connectivity index (χ1v) is 5.78. The Morgan fingerprint density at radius 2 is 1.64 bits per heavy atom. The average Bonchev–Trinajstić information content (AvgIpc) is 2.23. The fraction of sp³-hybridized carbons (Fsp3) is 0.615. The van der Waals surface area contributed by atoms with Crippen LogP contribution in [0, 0.1) is 11.8 Å². The summed E-state index contributed by atoms with van der Waals surface area (Å²) in [6.45, 7) is 3.60. The first-order chi connectivity index (χ1) is 6.84. The lowest BCUT2D eigenvalue weighted by Crippen LogP contribution is -2.37. The fourth-order valence-corrected chi connectivity index (χ4v) is 2.37. The molecule has 0 N–H and O–H groups in total.